The van der Waals surface area contributed by atoms with E-state index in [4.69, 9.17) is 0 Å². The number of nitrogens with one attached hydrogen (secondary N) is 1. The number of aromatic nitrogens is 1. The van der Waals surface area contributed by atoms with Gasteiger partial charge in [-0.25, -0.2) is 9.37 Å². The molecule has 1 amide bonds. The summed E-state index contributed by atoms with van der Waals surface area (Å²) in [4.78, 5) is 21.8. The molecule has 2 heterocycles. The Bertz CT molecular complexity index is 1010. The third-order valence-corrected chi connectivity index (χ3v) is 6.69. The lowest BCUT2D eigenvalue weighted by molar-refractivity contribution is -0.120. The highest BCUT2D eigenvalue weighted by atomic mass is 32.1. The average Bonchev–Trinajstić information content (AvgIpc) is 3.25. The van der Waals surface area contributed by atoms with E-state index in [0.717, 1.165) is 54.6 Å². The first-order chi connectivity index (χ1) is 15.5. The molecule has 0 atom stereocenters. The van der Waals surface area contributed by atoms with Crippen molar-refractivity contribution in [2.75, 3.05) is 39.8 Å². The first-order valence-electron chi connectivity index (χ1n) is 11.0. The average molecular weight is 453 g/mol. The second-order valence-electron chi connectivity index (χ2n) is 8.32. The summed E-state index contributed by atoms with van der Waals surface area (Å²) in [6, 6.07) is 15.0. The standard InChI is InChI=1S/C25H29FN4OS/c1-29-12-14-30(15-13-29)17-20-2-6-21(7-3-20)25-28-23(18-32-25)16-24(31)27-11-10-19-4-8-22(26)9-5-19/h2-9,18H,10-17H2,1H3,(H,27,31). The summed E-state index contributed by atoms with van der Waals surface area (Å²) in [5.74, 6) is -0.298. The number of rotatable bonds is 8. The van der Waals surface area contributed by atoms with Gasteiger partial charge in [0.15, 0.2) is 0 Å². The number of hydrogen-bond acceptors (Lipinski definition) is 5. The number of hydrogen-bond donors (Lipinski definition) is 1. The molecule has 0 bridgehead atoms. The highest BCUT2D eigenvalue weighted by Gasteiger charge is 2.14. The van der Waals surface area contributed by atoms with Crippen molar-refractivity contribution in [2.45, 2.75) is 19.4 Å². The van der Waals surface area contributed by atoms with Crippen molar-refractivity contribution >= 4 is 17.2 Å². The third-order valence-electron chi connectivity index (χ3n) is 5.75. The molecule has 0 radical (unpaired) electrons. The lowest BCUT2D eigenvalue weighted by Gasteiger charge is -2.32. The minimum atomic E-state index is -0.248. The molecule has 5 nitrogen and oxygen atoms in total. The van der Waals surface area contributed by atoms with Crippen LogP contribution in [0.4, 0.5) is 4.39 Å². The van der Waals surface area contributed by atoms with Crippen molar-refractivity contribution in [1.29, 1.82) is 0 Å². The fraction of sp³-hybridized carbons (Fsp3) is 0.360. The monoisotopic (exact) mass is 452 g/mol. The summed E-state index contributed by atoms with van der Waals surface area (Å²) in [6.07, 6.45) is 0.941. The smallest absolute Gasteiger partial charge is 0.226 e. The van der Waals surface area contributed by atoms with Gasteiger partial charge in [-0.1, -0.05) is 36.4 Å². The van der Waals surface area contributed by atoms with Crippen LogP contribution in [-0.4, -0.2) is 60.5 Å². The number of likely N-dealkylation sites (N-methyl/N-ethyl adjacent to an activating group) is 1. The highest BCUT2D eigenvalue weighted by Crippen LogP contribution is 2.24. The molecule has 7 heteroatoms. The molecule has 1 aliphatic rings. The first kappa shape index (κ1) is 22.6. The summed E-state index contributed by atoms with van der Waals surface area (Å²) in [5.41, 5.74) is 4.18. The molecule has 0 aliphatic carbocycles. The molecular weight excluding hydrogens is 423 g/mol. The van der Waals surface area contributed by atoms with Gasteiger partial charge in [-0.3, -0.25) is 9.69 Å². The Labute approximate surface area is 192 Å². The lowest BCUT2D eigenvalue weighted by atomic mass is 10.1. The Kier molecular flexibility index (Phi) is 7.63. The van der Waals surface area contributed by atoms with Gasteiger partial charge in [0.25, 0.3) is 0 Å². The van der Waals surface area contributed by atoms with Gasteiger partial charge in [-0.15, -0.1) is 11.3 Å². The first-order valence-corrected chi connectivity index (χ1v) is 11.9. The van der Waals surface area contributed by atoms with Gasteiger partial charge in [0.1, 0.15) is 10.8 Å². The number of carbonyl (C=O) groups is 1. The van der Waals surface area contributed by atoms with Gasteiger partial charge in [0.2, 0.25) is 5.91 Å². The van der Waals surface area contributed by atoms with E-state index in [1.165, 1.54) is 17.7 Å². The van der Waals surface area contributed by atoms with E-state index in [9.17, 15) is 9.18 Å². The second-order valence-corrected chi connectivity index (χ2v) is 9.18. The molecule has 1 N–H and O–H groups in total. The highest BCUT2D eigenvalue weighted by molar-refractivity contribution is 7.13. The Morgan fingerprint density at radius 3 is 2.44 bits per heavy atom. The normalized spacial score (nSPS) is 15.1. The van der Waals surface area contributed by atoms with Crippen molar-refractivity contribution in [3.05, 3.63) is 76.5 Å². The fourth-order valence-electron chi connectivity index (χ4n) is 3.76. The number of halogens is 1. The largest absolute Gasteiger partial charge is 0.355 e. The predicted molar refractivity (Wildman–Crippen MR) is 127 cm³/mol. The van der Waals surface area contributed by atoms with Gasteiger partial charge in [0, 0.05) is 50.2 Å². The third kappa shape index (κ3) is 6.45. The summed E-state index contributed by atoms with van der Waals surface area (Å²) < 4.78 is 13.0. The Morgan fingerprint density at radius 1 is 1.03 bits per heavy atom. The molecule has 32 heavy (non-hydrogen) atoms. The van der Waals surface area contributed by atoms with Crippen LogP contribution in [0.2, 0.25) is 0 Å². The fourth-order valence-corrected chi connectivity index (χ4v) is 4.59. The SMILES string of the molecule is CN1CCN(Cc2ccc(-c3nc(CC(=O)NCCc4ccc(F)cc4)cs3)cc2)CC1. The molecule has 0 unspecified atom stereocenters. The minimum Gasteiger partial charge on any atom is -0.355 e. The number of thiazole rings is 1. The van der Waals surface area contributed by atoms with Crippen LogP contribution < -0.4 is 5.32 Å². The van der Waals surface area contributed by atoms with Gasteiger partial charge in [-0.2, -0.15) is 0 Å². The van der Waals surface area contributed by atoms with Crippen LogP contribution in [0, 0.1) is 5.82 Å². The molecule has 1 aliphatic heterocycles. The van der Waals surface area contributed by atoms with E-state index in [-0.39, 0.29) is 18.1 Å². The summed E-state index contributed by atoms with van der Waals surface area (Å²) in [6.45, 7) is 5.98. The molecule has 1 saturated heterocycles. The van der Waals surface area contributed by atoms with E-state index < -0.39 is 0 Å². The second kappa shape index (κ2) is 10.8. The quantitative estimate of drug-likeness (QED) is 0.567. The van der Waals surface area contributed by atoms with E-state index in [0.29, 0.717) is 13.0 Å². The summed E-state index contributed by atoms with van der Waals surface area (Å²) in [5, 5.41) is 5.80. The van der Waals surface area contributed by atoms with E-state index in [1.807, 2.05) is 5.38 Å². The van der Waals surface area contributed by atoms with Crippen LogP contribution >= 0.6 is 11.3 Å². The zero-order chi connectivity index (χ0) is 22.3. The van der Waals surface area contributed by atoms with Crippen LogP contribution in [0.3, 0.4) is 0 Å². The molecule has 4 rings (SSSR count). The number of piperazine rings is 1. The number of carbonyl (C=O) groups excluding carboxylic acids is 1. The van der Waals surface area contributed by atoms with Crippen LogP contribution in [0.1, 0.15) is 16.8 Å². The maximum atomic E-state index is 13.0. The predicted octanol–water partition coefficient (Wildman–Crippen LogP) is 3.60. The van der Waals surface area contributed by atoms with Crippen LogP contribution in [0.5, 0.6) is 0 Å². The van der Waals surface area contributed by atoms with Crippen LogP contribution in [0.25, 0.3) is 10.6 Å². The molecule has 2 aromatic carbocycles. The molecule has 168 valence electrons. The van der Waals surface area contributed by atoms with Gasteiger partial charge in [0.05, 0.1) is 12.1 Å². The molecular formula is C25H29FN4OS. The Balaban J connectivity index is 1.24. The zero-order valence-electron chi connectivity index (χ0n) is 18.4. The van der Waals surface area contributed by atoms with Gasteiger partial charge in [-0.05, 0) is 36.7 Å². The van der Waals surface area contributed by atoms with Crippen molar-refractivity contribution in [3.63, 3.8) is 0 Å². The molecule has 0 saturated carbocycles. The molecule has 0 spiro atoms. The lowest BCUT2D eigenvalue weighted by Crippen LogP contribution is -2.43. The van der Waals surface area contributed by atoms with Crippen molar-refractivity contribution < 1.29 is 9.18 Å². The van der Waals surface area contributed by atoms with E-state index in [1.54, 1.807) is 23.5 Å². The molecule has 1 aromatic heterocycles. The van der Waals surface area contributed by atoms with E-state index >= 15 is 0 Å². The minimum absolute atomic E-state index is 0.0495. The molecule has 1 fully saturated rings. The van der Waals surface area contributed by atoms with Crippen LogP contribution in [-0.2, 0) is 24.2 Å². The van der Waals surface area contributed by atoms with Crippen molar-refractivity contribution in [2.24, 2.45) is 0 Å². The molecule has 3 aromatic rings. The van der Waals surface area contributed by atoms with Crippen molar-refractivity contribution in [3.8, 4) is 10.6 Å². The van der Waals surface area contributed by atoms with E-state index in [2.05, 4.69) is 51.4 Å². The van der Waals surface area contributed by atoms with Crippen LogP contribution in [0.15, 0.2) is 53.9 Å². The van der Waals surface area contributed by atoms with Crippen molar-refractivity contribution in [1.82, 2.24) is 20.1 Å². The zero-order valence-corrected chi connectivity index (χ0v) is 19.2. The van der Waals surface area contributed by atoms with Gasteiger partial charge < -0.3 is 10.2 Å². The van der Waals surface area contributed by atoms with Gasteiger partial charge >= 0.3 is 0 Å². The number of benzene rings is 2. The summed E-state index contributed by atoms with van der Waals surface area (Å²) in [7, 11) is 2.17. The summed E-state index contributed by atoms with van der Waals surface area (Å²) >= 11 is 1.57. The maximum absolute atomic E-state index is 13.0. The Hall–Kier alpha value is -2.61. The maximum Gasteiger partial charge on any atom is 0.226 e. The number of nitrogens with zero attached hydrogens (tertiary/aromatic N) is 3. The number of amides is 1. The topological polar surface area (TPSA) is 48.5 Å². The Morgan fingerprint density at radius 2 is 1.72 bits per heavy atom.